The molecule has 1 atom stereocenters. The van der Waals surface area contributed by atoms with Crippen molar-refractivity contribution in [3.8, 4) is 5.75 Å². The van der Waals surface area contributed by atoms with Crippen molar-refractivity contribution in [2.45, 2.75) is 32.3 Å². The van der Waals surface area contributed by atoms with E-state index in [1.165, 1.54) is 12.1 Å². The molecular formula is C12H17FO2. The Morgan fingerprint density at radius 2 is 2.20 bits per heavy atom. The van der Waals surface area contributed by atoms with Crippen LogP contribution < -0.4 is 4.74 Å². The molecule has 2 nitrogen and oxygen atoms in total. The van der Waals surface area contributed by atoms with Crippen LogP contribution in [0.25, 0.3) is 0 Å². The van der Waals surface area contributed by atoms with Crippen LogP contribution in [-0.4, -0.2) is 17.8 Å². The number of rotatable bonds is 6. The first-order chi connectivity index (χ1) is 7.18. The fraction of sp³-hybridized carbons (Fsp3) is 0.500. The molecule has 0 amide bonds. The topological polar surface area (TPSA) is 29.5 Å². The van der Waals surface area contributed by atoms with E-state index in [0.29, 0.717) is 12.4 Å². The van der Waals surface area contributed by atoms with Crippen molar-refractivity contribution in [3.05, 3.63) is 30.1 Å². The summed E-state index contributed by atoms with van der Waals surface area (Å²) in [4.78, 5) is 0. The van der Waals surface area contributed by atoms with Gasteiger partial charge in [-0.2, -0.15) is 0 Å². The van der Waals surface area contributed by atoms with Crippen LogP contribution in [0.4, 0.5) is 4.39 Å². The largest absolute Gasteiger partial charge is 0.493 e. The Morgan fingerprint density at radius 3 is 2.87 bits per heavy atom. The van der Waals surface area contributed by atoms with Crippen molar-refractivity contribution < 1.29 is 14.2 Å². The number of aliphatic hydroxyl groups excluding tert-OH is 1. The Kier molecular flexibility index (Phi) is 5.12. The Balaban J connectivity index is 2.15. The van der Waals surface area contributed by atoms with E-state index in [0.717, 1.165) is 19.3 Å². The standard InChI is InChI=1S/C12H17FO2/c1-10(14)5-2-3-8-15-12-7-4-6-11(13)9-12/h4,6-7,9-10,14H,2-3,5,8H2,1H3. The average Bonchev–Trinajstić information content (AvgIpc) is 2.17. The zero-order valence-electron chi connectivity index (χ0n) is 8.95. The molecule has 0 heterocycles. The maximum absolute atomic E-state index is 12.7. The van der Waals surface area contributed by atoms with Gasteiger partial charge in [0.1, 0.15) is 11.6 Å². The molecule has 1 rings (SSSR count). The Hall–Kier alpha value is -1.09. The summed E-state index contributed by atoms with van der Waals surface area (Å²) in [5.74, 6) is 0.281. The highest BCUT2D eigenvalue weighted by Crippen LogP contribution is 2.12. The van der Waals surface area contributed by atoms with Gasteiger partial charge < -0.3 is 9.84 Å². The predicted molar refractivity (Wildman–Crippen MR) is 57.4 cm³/mol. The van der Waals surface area contributed by atoms with E-state index >= 15 is 0 Å². The molecule has 0 bridgehead atoms. The molecule has 1 aromatic rings. The van der Waals surface area contributed by atoms with E-state index in [1.54, 1.807) is 19.1 Å². The van der Waals surface area contributed by atoms with Gasteiger partial charge in [-0.25, -0.2) is 4.39 Å². The summed E-state index contributed by atoms with van der Waals surface area (Å²) in [6.45, 7) is 2.34. The second-order valence-corrected chi connectivity index (χ2v) is 3.65. The Morgan fingerprint density at radius 1 is 1.40 bits per heavy atom. The minimum atomic E-state index is -0.281. The number of aliphatic hydroxyl groups is 1. The number of ether oxygens (including phenoxy) is 1. The van der Waals surface area contributed by atoms with Crippen LogP contribution in [0.3, 0.4) is 0 Å². The number of unbranched alkanes of at least 4 members (excludes halogenated alkanes) is 1. The van der Waals surface area contributed by atoms with Crippen molar-refractivity contribution in [3.63, 3.8) is 0 Å². The fourth-order valence-electron chi connectivity index (χ4n) is 1.29. The second kappa shape index (κ2) is 6.40. The lowest BCUT2D eigenvalue weighted by Crippen LogP contribution is -2.02. The van der Waals surface area contributed by atoms with Crippen molar-refractivity contribution in [1.29, 1.82) is 0 Å². The monoisotopic (exact) mass is 212 g/mol. The van der Waals surface area contributed by atoms with Crippen LogP contribution in [0, 0.1) is 5.82 Å². The molecule has 15 heavy (non-hydrogen) atoms. The van der Waals surface area contributed by atoms with Gasteiger partial charge in [0.2, 0.25) is 0 Å². The third kappa shape index (κ3) is 5.37. The molecule has 1 N–H and O–H groups in total. The zero-order chi connectivity index (χ0) is 11.1. The van der Waals surface area contributed by atoms with Gasteiger partial charge in [-0.15, -0.1) is 0 Å². The summed E-state index contributed by atoms with van der Waals surface area (Å²) < 4.78 is 18.1. The van der Waals surface area contributed by atoms with Gasteiger partial charge in [-0.1, -0.05) is 6.07 Å². The minimum absolute atomic E-state index is 0.251. The molecule has 0 radical (unpaired) electrons. The van der Waals surface area contributed by atoms with E-state index in [9.17, 15) is 4.39 Å². The highest BCUT2D eigenvalue weighted by molar-refractivity contribution is 5.22. The normalized spacial score (nSPS) is 12.5. The second-order valence-electron chi connectivity index (χ2n) is 3.65. The number of benzene rings is 1. The number of hydrogen-bond acceptors (Lipinski definition) is 2. The van der Waals surface area contributed by atoms with Crippen LogP contribution in [0.2, 0.25) is 0 Å². The summed E-state index contributed by atoms with van der Waals surface area (Å²) >= 11 is 0. The lowest BCUT2D eigenvalue weighted by molar-refractivity contribution is 0.177. The minimum Gasteiger partial charge on any atom is -0.493 e. The predicted octanol–water partition coefficient (Wildman–Crippen LogP) is 2.76. The molecule has 1 aromatic carbocycles. The molecule has 3 heteroatoms. The molecule has 0 saturated carbocycles. The highest BCUT2D eigenvalue weighted by atomic mass is 19.1. The molecule has 0 aliphatic heterocycles. The molecule has 84 valence electrons. The fourth-order valence-corrected chi connectivity index (χ4v) is 1.29. The third-order valence-corrected chi connectivity index (χ3v) is 2.08. The van der Waals surface area contributed by atoms with Crippen molar-refractivity contribution in [1.82, 2.24) is 0 Å². The van der Waals surface area contributed by atoms with Gasteiger partial charge in [-0.05, 0) is 38.3 Å². The van der Waals surface area contributed by atoms with Crippen LogP contribution in [-0.2, 0) is 0 Å². The first kappa shape index (κ1) is 12.0. The smallest absolute Gasteiger partial charge is 0.126 e. The van der Waals surface area contributed by atoms with Crippen molar-refractivity contribution in [2.75, 3.05) is 6.61 Å². The molecule has 0 saturated heterocycles. The summed E-state index contributed by atoms with van der Waals surface area (Å²) in [6, 6.07) is 6.12. The lowest BCUT2D eigenvalue weighted by atomic mass is 10.2. The molecule has 0 fully saturated rings. The molecule has 0 spiro atoms. The summed E-state index contributed by atoms with van der Waals surface area (Å²) in [6.07, 6.45) is 2.33. The summed E-state index contributed by atoms with van der Waals surface area (Å²) in [7, 11) is 0. The maximum atomic E-state index is 12.7. The van der Waals surface area contributed by atoms with E-state index in [-0.39, 0.29) is 11.9 Å². The SMILES string of the molecule is CC(O)CCCCOc1cccc(F)c1. The van der Waals surface area contributed by atoms with Crippen molar-refractivity contribution >= 4 is 0 Å². The van der Waals surface area contributed by atoms with E-state index in [2.05, 4.69) is 0 Å². The quantitative estimate of drug-likeness (QED) is 0.735. The third-order valence-electron chi connectivity index (χ3n) is 2.08. The zero-order valence-corrected chi connectivity index (χ0v) is 8.95. The molecule has 1 unspecified atom stereocenters. The van der Waals surface area contributed by atoms with E-state index in [1.807, 2.05) is 0 Å². The van der Waals surface area contributed by atoms with Crippen LogP contribution >= 0.6 is 0 Å². The molecular weight excluding hydrogens is 195 g/mol. The average molecular weight is 212 g/mol. The van der Waals surface area contributed by atoms with Crippen molar-refractivity contribution in [2.24, 2.45) is 0 Å². The van der Waals surface area contributed by atoms with E-state index < -0.39 is 0 Å². The first-order valence-electron chi connectivity index (χ1n) is 5.25. The Bertz CT molecular complexity index is 287. The first-order valence-corrected chi connectivity index (χ1v) is 5.25. The van der Waals surface area contributed by atoms with E-state index in [4.69, 9.17) is 9.84 Å². The number of hydrogen-bond donors (Lipinski definition) is 1. The molecule has 0 aliphatic rings. The summed E-state index contributed by atoms with van der Waals surface area (Å²) in [5, 5.41) is 9.01. The lowest BCUT2D eigenvalue weighted by Gasteiger charge is -2.06. The van der Waals surface area contributed by atoms with Gasteiger partial charge in [0.25, 0.3) is 0 Å². The van der Waals surface area contributed by atoms with Crippen LogP contribution in [0.5, 0.6) is 5.75 Å². The maximum Gasteiger partial charge on any atom is 0.126 e. The number of halogens is 1. The van der Waals surface area contributed by atoms with Gasteiger partial charge in [0.05, 0.1) is 12.7 Å². The van der Waals surface area contributed by atoms with Gasteiger partial charge in [0, 0.05) is 6.07 Å². The van der Waals surface area contributed by atoms with Gasteiger partial charge in [0.15, 0.2) is 0 Å². The van der Waals surface area contributed by atoms with Crippen LogP contribution in [0.1, 0.15) is 26.2 Å². The van der Waals surface area contributed by atoms with Gasteiger partial charge >= 0.3 is 0 Å². The molecule has 0 aliphatic carbocycles. The highest BCUT2D eigenvalue weighted by Gasteiger charge is 1.97. The summed E-state index contributed by atoms with van der Waals surface area (Å²) in [5.41, 5.74) is 0. The molecule has 0 aromatic heterocycles. The Labute approximate surface area is 89.7 Å². The van der Waals surface area contributed by atoms with Crippen LogP contribution in [0.15, 0.2) is 24.3 Å². The van der Waals surface area contributed by atoms with Gasteiger partial charge in [-0.3, -0.25) is 0 Å².